The second kappa shape index (κ2) is 7.02. The van der Waals surface area contributed by atoms with Gasteiger partial charge in [-0.15, -0.1) is 5.10 Å². The van der Waals surface area contributed by atoms with Crippen LogP contribution in [0.25, 0.3) is 0 Å². The summed E-state index contributed by atoms with van der Waals surface area (Å²) >= 11 is 0. The Labute approximate surface area is 125 Å². The zero-order valence-corrected chi connectivity index (χ0v) is 12.8. The fraction of sp³-hybridized carbons (Fsp3) is 0.438. The Morgan fingerprint density at radius 3 is 2.62 bits per heavy atom. The highest BCUT2D eigenvalue weighted by molar-refractivity contribution is 5.77. The quantitative estimate of drug-likeness (QED) is 0.885. The van der Waals surface area contributed by atoms with Crippen molar-refractivity contribution in [1.29, 1.82) is 0 Å². The van der Waals surface area contributed by atoms with Gasteiger partial charge in [0.15, 0.2) is 0 Å². The van der Waals surface area contributed by atoms with Crippen LogP contribution in [0.5, 0.6) is 0 Å². The summed E-state index contributed by atoms with van der Waals surface area (Å²) in [4.78, 5) is 11.5. The van der Waals surface area contributed by atoms with Gasteiger partial charge >= 0.3 is 0 Å². The van der Waals surface area contributed by atoms with E-state index in [2.05, 4.69) is 34.7 Å². The zero-order chi connectivity index (χ0) is 15.2. The lowest BCUT2D eigenvalue weighted by atomic mass is 9.99. The smallest absolute Gasteiger partial charge is 0.222 e. The van der Waals surface area contributed by atoms with Crippen molar-refractivity contribution in [3.05, 3.63) is 47.8 Å². The molecule has 112 valence electrons. The van der Waals surface area contributed by atoms with E-state index in [1.54, 1.807) is 4.68 Å². The van der Waals surface area contributed by atoms with Crippen molar-refractivity contribution in [2.45, 2.75) is 33.2 Å². The molecule has 5 heteroatoms. The van der Waals surface area contributed by atoms with Gasteiger partial charge in [0.2, 0.25) is 5.91 Å². The molecule has 2 rings (SSSR count). The molecule has 0 radical (unpaired) electrons. The molecule has 5 nitrogen and oxygen atoms in total. The molecule has 1 amide bonds. The van der Waals surface area contributed by atoms with Crippen LogP contribution in [-0.4, -0.2) is 27.4 Å². The number of amides is 1. The van der Waals surface area contributed by atoms with Crippen molar-refractivity contribution in [3.8, 4) is 0 Å². The molecule has 1 aromatic carbocycles. The van der Waals surface area contributed by atoms with Crippen molar-refractivity contribution in [3.63, 3.8) is 0 Å². The molecule has 0 fully saturated rings. The number of hydrogen-bond donors (Lipinski definition) is 1. The van der Waals surface area contributed by atoms with Crippen LogP contribution in [-0.2, 0) is 11.3 Å². The van der Waals surface area contributed by atoms with E-state index >= 15 is 0 Å². The maximum Gasteiger partial charge on any atom is 0.222 e. The second-order valence-electron chi connectivity index (χ2n) is 5.48. The molecular formula is C16H22N4O. The predicted molar refractivity (Wildman–Crippen MR) is 81.8 cm³/mol. The summed E-state index contributed by atoms with van der Waals surface area (Å²) in [6.45, 7) is 7.08. The molecule has 1 N–H and O–H groups in total. The van der Waals surface area contributed by atoms with Crippen LogP contribution in [0.1, 0.15) is 37.9 Å². The molecule has 0 saturated heterocycles. The average molecular weight is 286 g/mol. The number of nitrogens with zero attached hydrogens (tertiary/aromatic N) is 3. The van der Waals surface area contributed by atoms with Crippen LogP contribution in [0.4, 0.5) is 0 Å². The molecule has 1 heterocycles. The topological polar surface area (TPSA) is 59.8 Å². The van der Waals surface area contributed by atoms with Crippen LogP contribution in [0, 0.1) is 5.92 Å². The van der Waals surface area contributed by atoms with E-state index in [0.717, 1.165) is 5.69 Å². The fourth-order valence-electron chi connectivity index (χ4n) is 2.03. The average Bonchev–Trinajstić information content (AvgIpc) is 2.96. The van der Waals surface area contributed by atoms with Gasteiger partial charge in [-0.05, 0) is 5.56 Å². The van der Waals surface area contributed by atoms with E-state index in [1.807, 2.05) is 38.2 Å². The number of nitrogens with one attached hydrogen (secondary N) is 1. The minimum atomic E-state index is 0.00871. The first kappa shape index (κ1) is 15.2. The number of hydrogen-bond acceptors (Lipinski definition) is 3. The lowest BCUT2D eigenvalue weighted by Gasteiger charge is -2.08. The Morgan fingerprint density at radius 2 is 1.95 bits per heavy atom. The van der Waals surface area contributed by atoms with E-state index in [4.69, 9.17) is 0 Å². The summed E-state index contributed by atoms with van der Waals surface area (Å²) in [5.74, 6) is 0.285. The van der Waals surface area contributed by atoms with Gasteiger partial charge in [-0.25, -0.2) is 0 Å². The molecule has 2 aromatic rings. The molecule has 0 saturated carbocycles. The monoisotopic (exact) mass is 286 g/mol. The Hall–Kier alpha value is -2.17. The van der Waals surface area contributed by atoms with E-state index in [1.165, 1.54) is 5.56 Å². The minimum Gasteiger partial charge on any atom is -0.354 e. The van der Waals surface area contributed by atoms with Crippen LogP contribution in [0.15, 0.2) is 36.5 Å². The number of carbonyl (C=O) groups excluding carboxylic acids is 1. The maximum absolute atomic E-state index is 11.5. The summed E-state index contributed by atoms with van der Waals surface area (Å²) in [6.07, 6.45) is 1.94. The molecule has 0 bridgehead atoms. The lowest BCUT2D eigenvalue weighted by molar-refractivity contribution is -0.124. The van der Waals surface area contributed by atoms with Crippen LogP contribution < -0.4 is 5.32 Å². The molecular weight excluding hydrogens is 264 g/mol. The standard InChI is InChI=1S/C16H22N4O/c1-12(2)16(21)17-9-10-20-11-15(18-19-20)13(3)14-7-5-4-6-8-14/h4-8,11-13H,9-10H2,1-3H3,(H,17,21). The molecule has 0 aliphatic heterocycles. The highest BCUT2D eigenvalue weighted by Crippen LogP contribution is 2.21. The van der Waals surface area contributed by atoms with Crippen molar-refractivity contribution in [2.24, 2.45) is 5.92 Å². The Kier molecular flexibility index (Phi) is 5.09. The molecule has 0 aliphatic carbocycles. The molecule has 0 aliphatic rings. The van der Waals surface area contributed by atoms with E-state index in [9.17, 15) is 4.79 Å². The normalized spacial score (nSPS) is 12.4. The highest BCUT2D eigenvalue weighted by atomic mass is 16.1. The summed E-state index contributed by atoms with van der Waals surface area (Å²) in [6, 6.07) is 10.2. The third-order valence-corrected chi connectivity index (χ3v) is 3.46. The summed E-state index contributed by atoms with van der Waals surface area (Å²) in [7, 11) is 0. The van der Waals surface area contributed by atoms with Gasteiger partial charge < -0.3 is 5.32 Å². The Morgan fingerprint density at radius 1 is 1.24 bits per heavy atom. The first-order chi connectivity index (χ1) is 10.1. The summed E-state index contributed by atoms with van der Waals surface area (Å²) in [5, 5.41) is 11.2. The molecule has 1 aromatic heterocycles. The van der Waals surface area contributed by atoms with E-state index in [-0.39, 0.29) is 17.7 Å². The number of rotatable bonds is 6. The van der Waals surface area contributed by atoms with Crippen LogP contribution in [0.2, 0.25) is 0 Å². The summed E-state index contributed by atoms with van der Waals surface area (Å²) < 4.78 is 1.77. The van der Waals surface area contributed by atoms with Gasteiger partial charge in [0.1, 0.15) is 0 Å². The van der Waals surface area contributed by atoms with Crippen LogP contribution >= 0.6 is 0 Å². The van der Waals surface area contributed by atoms with Gasteiger partial charge in [0.25, 0.3) is 0 Å². The number of aromatic nitrogens is 3. The first-order valence-electron chi connectivity index (χ1n) is 7.30. The fourth-order valence-corrected chi connectivity index (χ4v) is 2.03. The van der Waals surface area contributed by atoms with Crippen LogP contribution in [0.3, 0.4) is 0 Å². The van der Waals surface area contributed by atoms with E-state index in [0.29, 0.717) is 13.1 Å². The van der Waals surface area contributed by atoms with Crippen molar-refractivity contribution < 1.29 is 4.79 Å². The third kappa shape index (κ3) is 4.15. The van der Waals surface area contributed by atoms with Gasteiger partial charge in [-0.3, -0.25) is 9.48 Å². The van der Waals surface area contributed by atoms with Gasteiger partial charge in [-0.2, -0.15) is 0 Å². The second-order valence-corrected chi connectivity index (χ2v) is 5.48. The molecule has 21 heavy (non-hydrogen) atoms. The largest absolute Gasteiger partial charge is 0.354 e. The third-order valence-electron chi connectivity index (χ3n) is 3.46. The number of carbonyl (C=O) groups is 1. The Balaban J connectivity index is 1.91. The minimum absolute atomic E-state index is 0.00871. The van der Waals surface area contributed by atoms with Gasteiger partial charge in [-0.1, -0.05) is 56.3 Å². The molecule has 1 atom stereocenters. The van der Waals surface area contributed by atoms with Gasteiger partial charge in [0, 0.05) is 24.6 Å². The van der Waals surface area contributed by atoms with Gasteiger partial charge in [0.05, 0.1) is 12.2 Å². The highest BCUT2D eigenvalue weighted by Gasteiger charge is 2.12. The predicted octanol–water partition coefficient (Wildman–Crippen LogP) is 2.20. The van der Waals surface area contributed by atoms with Crippen molar-refractivity contribution in [2.75, 3.05) is 6.54 Å². The van der Waals surface area contributed by atoms with E-state index < -0.39 is 0 Å². The Bertz CT molecular complexity index is 577. The van der Waals surface area contributed by atoms with Crippen molar-refractivity contribution in [1.82, 2.24) is 20.3 Å². The maximum atomic E-state index is 11.5. The molecule has 0 spiro atoms. The van der Waals surface area contributed by atoms with Crippen molar-refractivity contribution >= 4 is 5.91 Å². The lowest BCUT2D eigenvalue weighted by Crippen LogP contribution is -2.30. The molecule has 1 unspecified atom stereocenters. The SMILES string of the molecule is CC(C)C(=O)NCCn1cc(C(C)c2ccccc2)nn1. The first-order valence-corrected chi connectivity index (χ1v) is 7.30. The zero-order valence-electron chi connectivity index (χ0n) is 12.8. The number of benzene rings is 1. The summed E-state index contributed by atoms with van der Waals surface area (Å²) in [5.41, 5.74) is 2.16.